The average Bonchev–Trinajstić information content (AvgIpc) is 3.07. The van der Waals surface area contributed by atoms with Crippen LogP contribution in [0.5, 0.6) is 0 Å². The van der Waals surface area contributed by atoms with Gasteiger partial charge in [0.25, 0.3) is 0 Å². The molecule has 0 aliphatic carbocycles. The zero-order chi connectivity index (χ0) is 19.4. The van der Waals surface area contributed by atoms with Gasteiger partial charge < -0.3 is 10.1 Å². The van der Waals surface area contributed by atoms with Crippen LogP contribution in [-0.4, -0.2) is 60.4 Å². The van der Waals surface area contributed by atoms with Crippen LogP contribution in [0, 0.1) is 6.92 Å². The number of benzene rings is 1. The van der Waals surface area contributed by atoms with Crippen molar-refractivity contribution in [3.8, 4) is 0 Å². The fraction of sp³-hybridized carbons (Fsp3) is 0.438. The number of hydrogen-bond donors (Lipinski definition) is 1. The van der Waals surface area contributed by atoms with Crippen molar-refractivity contribution in [2.75, 3.05) is 31.6 Å². The molecule has 1 saturated heterocycles. The number of hydrogen-bond acceptors (Lipinski definition) is 8. The number of aryl methyl sites for hydroxylation is 1. The van der Waals surface area contributed by atoms with Crippen LogP contribution in [0.3, 0.4) is 0 Å². The number of amides is 1. The van der Waals surface area contributed by atoms with E-state index < -0.39 is 10.0 Å². The van der Waals surface area contributed by atoms with Crippen LogP contribution < -0.4 is 5.32 Å². The zero-order valence-corrected chi connectivity index (χ0v) is 17.4. The molecule has 0 bridgehead atoms. The summed E-state index contributed by atoms with van der Waals surface area (Å²) in [5, 5.41) is 11.2. The number of rotatable bonds is 6. The Morgan fingerprint density at radius 3 is 2.52 bits per heavy atom. The standard InChI is InChI=1S/C16H20N4O4S3/c1-11(25-16-19-18-12(2)26-16)15(21)17-13-3-5-14(6-4-13)27(22,23)20-7-9-24-10-8-20/h3-6,11H,7-10H2,1-2H3,(H,17,21). The van der Waals surface area contributed by atoms with Gasteiger partial charge in [-0.2, -0.15) is 4.31 Å². The summed E-state index contributed by atoms with van der Waals surface area (Å²) in [6.45, 7) is 5.14. The molecule has 1 fully saturated rings. The maximum atomic E-state index is 12.6. The number of ether oxygens (including phenoxy) is 1. The van der Waals surface area contributed by atoms with Gasteiger partial charge >= 0.3 is 0 Å². The van der Waals surface area contributed by atoms with Gasteiger partial charge in [-0.1, -0.05) is 23.1 Å². The maximum Gasteiger partial charge on any atom is 0.243 e. The molecule has 11 heteroatoms. The third-order valence-electron chi connectivity index (χ3n) is 3.88. The van der Waals surface area contributed by atoms with Crippen LogP contribution in [0.25, 0.3) is 0 Å². The van der Waals surface area contributed by atoms with Gasteiger partial charge in [0.15, 0.2) is 4.34 Å². The fourth-order valence-electron chi connectivity index (χ4n) is 2.42. The van der Waals surface area contributed by atoms with Crippen molar-refractivity contribution >= 4 is 44.7 Å². The van der Waals surface area contributed by atoms with Gasteiger partial charge in [0.2, 0.25) is 15.9 Å². The summed E-state index contributed by atoms with van der Waals surface area (Å²) in [5.41, 5.74) is 0.543. The number of sulfonamides is 1. The monoisotopic (exact) mass is 428 g/mol. The second kappa shape index (κ2) is 8.65. The van der Waals surface area contributed by atoms with Crippen molar-refractivity contribution in [2.24, 2.45) is 0 Å². The highest BCUT2D eigenvalue weighted by Gasteiger charge is 2.26. The number of anilines is 1. The molecule has 0 spiro atoms. The Bertz CT molecular complexity index is 893. The molecule has 1 aromatic heterocycles. The molecule has 1 aliphatic rings. The van der Waals surface area contributed by atoms with Crippen molar-refractivity contribution in [1.82, 2.24) is 14.5 Å². The number of carbonyl (C=O) groups is 1. The van der Waals surface area contributed by atoms with E-state index in [0.29, 0.717) is 32.0 Å². The van der Waals surface area contributed by atoms with Crippen LogP contribution in [-0.2, 0) is 19.6 Å². The first-order chi connectivity index (χ1) is 12.9. The molecule has 1 aliphatic heterocycles. The molecule has 1 amide bonds. The lowest BCUT2D eigenvalue weighted by Crippen LogP contribution is -2.40. The second-order valence-electron chi connectivity index (χ2n) is 5.88. The Balaban J connectivity index is 1.62. The quantitative estimate of drug-likeness (QED) is 0.702. The first-order valence-electron chi connectivity index (χ1n) is 8.32. The lowest BCUT2D eigenvalue weighted by atomic mass is 10.3. The van der Waals surface area contributed by atoms with Crippen LogP contribution in [0.4, 0.5) is 5.69 Å². The van der Waals surface area contributed by atoms with Crippen molar-refractivity contribution in [2.45, 2.75) is 28.3 Å². The largest absolute Gasteiger partial charge is 0.379 e. The predicted molar refractivity (Wildman–Crippen MR) is 105 cm³/mol. The first kappa shape index (κ1) is 20.2. The van der Waals surface area contributed by atoms with Crippen LogP contribution >= 0.6 is 23.1 Å². The molecule has 1 unspecified atom stereocenters. The van der Waals surface area contributed by atoms with Gasteiger partial charge in [0.05, 0.1) is 23.4 Å². The van der Waals surface area contributed by atoms with Gasteiger partial charge in [0.1, 0.15) is 5.01 Å². The topological polar surface area (TPSA) is 101 Å². The normalized spacial score (nSPS) is 16.8. The van der Waals surface area contributed by atoms with Gasteiger partial charge in [-0.05, 0) is 38.1 Å². The van der Waals surface area contributed by atoms with E-state index in [9.17, 15) is 13.2 Å². The first-order valence-corrected chi connectivity index (χ1v) is 11.5. The molecule has 2 aromatic rings. The van der Waals surface area contributed by atoms with E-state index in [2.05, 4.69) is 15.5 Å². The van der Waals surface area contributed by atoms with E-state index in [4.69, 9.17) is 4.74 Å². The highest BCUT2D eigenvalue weighted by atomic mass is 32.2. The molecule has 1 atom stereocenters. The van der Waals surface area contributed by atoms with E-state index in [-0.39, 0.29) is 16.1 Å². The predicted octanol–water partition coefficient (Wildman–Crippen LogP) is 1.99. The molecule has 0 saturated carbocycles. The smallest absolute Gasteiger partial charge is 0.243 e. The van der Waals surface area contributed by atoms with Crippen molar-refractivity contribution < 1.29 is 17.9 Å². The Labute approximate surface area is 166 Å². The second-order valence-corrected chi connectivity index (χ2v) is 10.6. The van der Waals surface area contributed by atoms with Gasteiger partial charge in [-0.15, -0.1) is 10.2 Å². The summed E-state index contributed by atoms with van der Waals surface area (Å²) >= 11 is 2.77. The molecular weight excluding hydrogens is 408 g/mol. The Hall–Kier alpha value is -1.53. The third-order valence-corrected chi connectivity index (χ3v) is 7.82. The fourth-order valence-corrected chi connectivity index (χ4v) is 5.79. The SMILES string of the molecule is Cc1nnc(SC(C)C(=O)Nc2ccc(S(=O)(=O)N3CCOCC3)cc2)s1. The molecule has 146 valence electrons. The molecule has 1 N–H and O–H groups in total. The van der Waals surface area contributed by atoms with Crippen molar-refractivity contribution in [1.29, 1.82) is 0 Å². The summed E-state index contributed by atoms with van der Waals surface area (Å²) < 4.78 is 32.5. The lowest BCUT2D eigenvalue weighted by Gasteiger charge is -2.26. The Kier molecular flexibility index (Phi) is 6.48. The summed E-state index contributed by atoms with van der Waals surface area (Å²) in [6.07, 6.45) is 0. The number of carbonyl (C=O) groups excluding carboxylic acids is 1. The molecule has 3 rings (SSSR count). The molecular formula is C16H20N4O4S3. The van der Waals surface area contributed by atoms with Crippen molar-refractivity contribution in [3.05, 3.63) is 29.3 Å². The van der Waals surface area contributed by atoms with Gasteiger partial charge in [-0.3, -0.25) is 4.79 Å². The molecule has 8 nitrogen and oxygen atoms in total. The van der Waals surface area contributed by atoms with Crippen LogP contribution in [0.2, 0.25) is 0 Å². The Morgan fingerprint density at radius 1 is 1.26 bits per heavy atom. The molecule has 1 aromatic carbocycles. The van der Waals surface area contributed by atoms with E-state index in [1.54, 1.807) is 19.1 Å². The molecule has 0 radical (unpaired) electrons. The van der Waals surface area contributed by atoms with E-state index in [0.717, 1.165) is 9.35 Å². The average molecular weight is 429 g/mol. The third kappa shape index (κ3) is 5.05. The summed E-state index contributed by atoms with van der Waals surface area (Å²) in [4.78, 5) is 12.5. The zero-order valence-electron chi connectivity index (χ0n) is 14.9. The minimum Gasteiger partial charge on any atom is -0.379 e. The molecule has 2 heterocycles. The minimum absolute atomic E-state index is 0.184. The number of thioether (sulfide) groups is 1. The number of aromatic nitrogens is 2. The molecule has 27 heavy (non-hydrogen) atoms. The highest BCUT2D eigenvalue weighted by Crippen LogP contribution is 2.27. The minimum atomic E-state index is -3.54. The Morgan fingerprint density at radius 2 is 1.93 bits per heavy atom. The summed E-state index contributed by atoms with van der Waals surface area (Å²) in [7, 11) is -3.54. The summed E-state index contributed by atoms with van der Waals surface area (Å²) in [6, 6.07) is 6.20. The maximum absolute atomic E-state index is 12.6. The van der Waals surface area contributed by atoms with E-state index in [1.807, 2.05) is 6.92 Å². The van der Waals surface area contributed by atoms with Crippen LogP contribution in [0.1, 0.15) is 11.9 Å². The summed E-state index contributed by atoms with van der Waals surface area (Å²) in [5.74, 6) is -0.184. The van der Waals surface area contributed by atoms with E-state index in [1.165, 1.54) is 39.5 Å². The van der Waals surface area contributed by atoms with Crippen LogP contribution in [0.15, 0.2) is 33.5 Å². The number of morpholine rings is 1. The van der Waals surface area contributed by atoms with Crippen molar-refractivity contribution in [3.63, 3.8) is 0 Å². The number of nitrogens with one attached hydrogen (secondary N) is 1. The highest BCUT2D eigenvalue weighted by molar-refractivity contribution is 8.02. The lowest BCUT2D eigenvalue weighted by molar-refractivity contribution is -0.115. The van der Waals surface area contributed by atoms with Gasteiger partial charge in [0, 0.05) is 18.8 Å². The van der Waals surface area contributed by atoms with E-state index >= 15 is 0 Å². The number of nitrogens with zero attached hydrogens (tertiary/aromatic N) is 3. The van der Waals surface area contributed by atoms with Gasteiger partial charge in [-0.25, -0.2) is 8.42 Å².